The maximum absolute atomic E-state index is 13.0. The van der Waals surface area contributed by atoms with E-state index in [2.05, 4.69) is 17.2 Å². The molecule has 164 valence electrons. The summed E-state index contributed by atoms with van der Waals surface area (Å²) in [6, 6.07) is 16.6. The van der Waals surface area contributed by atoms with E-state index in [1.54, 1.807) is 29.7 Å². The van der Waals surface area contributed by atoms with E-state index in [4.69, 9.17) is 0 Å². The zero-order chi connectivity index (χ0) is 22.5. The molecule has 3 aromatic heterocycles. The van der Waals surface area contributed by atoms with Crippen molar-refractivity contribution in [3.05, 3.63) is 97.3 Å². The summed E-state index contributed by atoms with van der Waals surface area (Å²) in [5.41, 5.74) is 0.272. The van der Waals surface area contributed by atoms with Crippen LogP contribution in [-0.4, -0.2) is 20.0 Å². The standard InChI is InChI=1S/C24H24N4O3S/c1-2-8-18(20-12-7-14-32-20)26-21(29)16-27-19-11-6-13-25-22(19)28(24(31)23(27)30)15-17-9-4-3-5-10-17/h3-7,9-14,18H,2,8,15-16H2,1H3,(H,26,29)/t18-/m0/s1. The monoisotopic (exact) mass is 448 g/mol. The highest BCUT2D eigenvalue weighted by atomic mass is 32.1. The highest BCUT2D eigenvalue weighted by Crippen LogP contribution is 2.23. The quantitative estimate of drug-likeness (QED) is 0.419. The van der Waals surface area contributed by atoms with Gasteiger partial charge in [0.1, 0.15) is 6.54 Å². The molecular weight excluding hydrogens is 424 g/mol. The molecule has 7 nitrogen and oxygen atoms in total. The lowest BCUT2D eigenvalue weighted by atomic mass is 10.1. The number of nitrogens with one attached hydrogen (secondary N) is 1. The van der Waals surface area contributed by atoms with Crippen molar-refractivity contribution in [1.29, 1.82) is 0 Å². The lowest BCUT2D eigenvalue weighted by Crippen LogP contribution is -2.44. The second-order valence-corrected chi connectivity index (χ2v) is 8.52. The van der Waals surface area contributed by atoms with Crippen molar-refractivity contribution in [1.82, 2.24) is 19.4 Å². The van der Waals surface area contributed by atoms with Crippen molar-refractivity contribution in [3.8, 4) is 0 Å². The normalized spacial score (nSPS) is 12.0. The Bertz CT molecular complexity index is 1330. The van der Waals surface area contributed by atoms with Crippen molar-refractivity contribution in [3.63, 3.8) is 0 Å². The molecule has 8 heteroatoms. The van der Waals surface area contributed by atoms with E-state index >= 15 is 0 Å². The van der Waals surface area contributed by atoms with Gasteiger partial charge in [-0.2, -0.15) is 0 Å². The summed E-state index contributed by atoms with van der Waals surface area (Å²) in [5.74, 6) is -0.315. The van der Waals surface area contributed by atoms with Crippen LogP contribution in [0.1, 0.15) is 36.2 Å². The van der Waals surface area contributed by atoms with E-state index in [-0.39, 0.29) is 25.0 Å². The number of benzene rings is 1. The molecule has 1 aromatic carbocycles. The van der Waals surface area contributed by atoms with Gasteiger partial charge in [-0.1, -0.05) is 49.7 Å². The molecule has 0 aliphatic carbocycles. The van der Waals surface area contributed by atoms with E-state index in [0.29, 0.717) is 11.2 Å². The lowest BCUT2D eigenvalue weighted by Gasteiger charge is -2.18. The minimum absolute atomic E-state index is 0.119. The van der Waals surface area contributed by atoms with Gasteiger partial charge in [0, 0.05) is 11.1 Å². The summed E-state index contributed by atoms with van der Waals surface area (Å²) in [7, 11) is 0. The van der Waals surface area contributed by atoms with Crippen LogP contribution in [0.3, 0.4) is 0 Å². The van der Waals surface area contributed by atoms with Crippen LogP contribution in [0.5, 0.6) is 0 Å². The van der Waals surface area contributed by atoms with Gasteiger partial charge in [0.25, 0.3) is 0 Å². The van der Waals surface area contributed by atoms with Crippen molar-refractivity contribution >= 4 is 28.4 Å². The molecule has 0 aliphatic rings. The summed E-state index contributed by atoms with van der Waals surface area (Å²) < 4.78 is 2.59. The molecule has 4 aromatic rings. The van der Waals surface area contributed by atoms with Crippen LogP contribution in [0.4, 0.5) is 0 Å². The Kier molecular flexibility index (Phi) is 6.61. The van der Waals surface area contributed by atoms with Gasteiger partial charge in [-0.15, -0.1) is 11.3 Å². The number of hydrogen-bond donors (Lipinski definition) is 1. The van der Waals surface area contributed by atoms with Crippen LogP contribution in [0, 0.1) is 0 Å². The Morgan fingerprint density at radius 1 is 1.03 bits per heavy atom. The van der Waals surface area contributed by atoms with Crippen molar-refractivity contribution in [2.75, 3.05) is 0 Å². The lowest BCUT2D eigenvalue weighted by molar-refractivity contribution is -0.122. The molecule has 0 spiro atoms. The SMILES string of the molecule is CCC[C@H](NC(=O)Cn1c(=O)c(=O)n(Cc2ccccc2)c2ncccc21)c1cccs1. The Balaban J connectivity index is 1.68. The summed E-state index contributed by atoms with van der Waals surface area (Å²) >= 11 is 1.58. The number of nitrogens with zero attached hydrogens (tertiary/aromatic N) is 3. The minimum Gasteiger partial charge on any atom is -0.347 e. The smallest absolute Gasteiger partial charge is 0.318 e. The van der Waals surface area contributed by atoms with Crippen molar-refractivity contribution < 1.29 is 4.79 Å². The van der Waals surface area contributed by atoms with E-state index < -0.39 is 11.1 Å². The molecule has 0 saturated carbocycles. The summed E-state index contributed by atoms with van der Waals surface area (Å²) in [6.07, 6.45) is 3.28. The number of aromatic nitrogens is 3. The first-order valence-electron chi connectivity index (χ1n) is 10.5. The number of amides is 1. The summed E-state index contributed by atoms with van der Waals surface area (Å²) in [5, 5.41) is 4.99. The third-order valence-corrected chi connectivity index (χ3v) is 6.26. The Labute approximate surface area is 189 Å². The van der Waals surface area contributed by atoms with E-state index in [0.717, 1.165) is 23.3 Å². The van der Waals surface area contributed by atoms with Gasteiger partial charge in [-0.05, 0) is 35.6 Å². The first-order valence-corrected chi connectivity index (χ1v) is 11.4. The number of hydrogen-bond acceptors (Lipinski definition) is 5. The predicted octanol–water partition coefficient (Wildman–Crippen LogP) is 3.33. The van der Waals surface area contributed by atoms with Crippen LogP contribution in [0.15, 0.2) is 75.8 Å². The molecule has 0 saturated heterocycles. The summed E-state index contributed by atoms with van der Waals surface area (Å²) in [4.78, 5) is 44.3. The van der Waals surface area contributed by atoms with Gasteiger partial charge < -0.3 is 5.32 Å². The fourth-order valence-corrected chi connectivity index (χ4v) is 4.57. The van der Waals surface area contributed by atoms with E-state index in [1.165, 1.54) is 9.13 Å². The third kappa shape index (κ3) is 4.55. The molecule has 1 N–H and O–H groups in total. The molecule has 3 heterocycles. The minimum atomic E-state index is -0.736. The molecular formula is C24H24N4O3S. The Hall–Kier alpha value is -3.52. The topological polar surface area (TPSA) is 86.0 Å². The summed E-state index contributed by atoms with van der Waals surface area (Å²) in [6.45, 7) is 2.04. The maximum atomic E-state index is 13.0. The van der Waals surface area contributed by atoms with E-state index in [1.807, 2.05) is 47.8 Å². The number of pyridine rings is 1. The second-order valence-electron chi connectivity index (χ2n) is 7.54. The second kappa shape index (κ2) is 9.74. The Morgan fingerprint density at radius 2 is 1.81 bits per heavy atom. The number of rotatable bonds is 8. The van der Waals surface area contributed by atoms with Gasteiger partial charge in [-0.3, -0.25) is 23.5 Å². The van der Waals surface area contributed by atoms with Gasteiger partial charge in [0.05, 0.1) is 18.1 Å². The molecule has 0 radical (unpaired) electrons. The fraction of sp³-hybridized carbons (Fsp3) is 0.250. The van der Waals surface area contributed by atoms with Gasteiger partial charge in [0.15, 0.2) is 5.65 Å². The molecule has 1 atom stereocenters. The number of thiophene rings is 1. The highest BCUT2D eigenvalue weighted by molar-refractivity contribution is 7.10. The van der Waals surface area contributed by atoms with Crippen LogP contribution in [0.2, 0.25) is 0 Å². The fourth-order valence-electron chi connectivity index (χ4n) is 3.76. The molecule has 1 amide bonds. The van der Waals surface area contributed by atoms with Crippen molar-refractivity contribution in [2.24, 2.45) is 0 Å². The first kappa shape index (κ1) is 21.7. The van der Waals surface area contributed by atoms with Crippen molar-refractivity contribution in [2.45, 2.75) is 38.9 Å². The van der Waals surface area contributed by atoms with E-state index in [9.17, 15) is 14.4 Å². The first-order chi connectivity index (χ1) is 15.6. The zero-order valence-corrected chi connectivity index (χ0v) is 18.5. The molecule has 0 unspecified atom stereocenters. The number of carbonyl (C=O) groups is 1. The number of fused-ring (bicyclic) bond motifs is 1. The number of carbonyl (C=O) groups excluding carboxylic acids is 1. The molecule has 4 rings (SSSR count). The van der Waals surface area contributed by atoms with Crippen LogP contribution < -0.4 is 16.4 Å². The van der Waals surface area contributed by atoms with Gasteiger partial charge in [0.2, 0.25) is 5.91 Å². The third-order valence-electron chi connectivity index (χ3n) is 5.27. The largest absolute Gasteiger partial charge is 0.347 e. The van der Waals surface area contributed by atoms with Crippen LogP contribution in [0.25, 0.3) is 11.2 Å². The molecule has 32 heavy (non-hydrogen) atoms. The van der Waals surface area contributed by atoms with Crippen LogP contribution >= 0.6 is 11.3 Å². The molecule has 0 fully saturated rings. The maximum Gasteiger partial charge on any atom is 0.318 e. The molecule has 0 aliphatic heterocycles. The highest BCUT2D eigenvalue weighted by Gasteiger charge is 2.19. The Morgan fingerprint density at radius 3 is 2.53 bits per heavy atom. The van der Waals surface area contributed by atoms with Gasteiger partial charge in [-0.25, -0.2) is 4.98 Å². The van der Waals surface area contributed by atoms with Gasteiger partial charge >= 0.3 is 11.1 Å². The van der Waals surface area contributed by atoms with Crippen LogP contribution in [-0.2, 0) is 17.9 Å². The zero-order valence-electron chi connectivity index (χ0n) is 17.7. The molecule has 0 bridgehead atoms. The average Bonchev–Trinajstić information content (AvgIpc) is 3.35. The average molecular weight is 449 g/mol. The predicted molar refractivity (Wildman–Crippen MR) is 126 cm³/mol.